The number of rotatable bonds is 3. The minimum Gasteiger partial charge on any atom is -0.283 e. The van der Waals surface area contributed by atoms with E-state index >= 15 is 0 Å². The van der Waals surface area contributed by atoms with Crippen molar-refractivity contribution in [1.82, 2.24) is 23.1 Å². The van der Waals surface area contributed by atoms with Crippen LogP contribution >= 0.6 is 0 Å². The second-order valence-corrected chi connectivity index (χ2v) is 8.06. The highest BCUT2D eigenvalue weighted by atomic mass is 16.2. The average molecular weight is 379 g/mol. The molecule has 7 heteroatoms. The van der Waals surface area contributed by atoms with Crippen molar-refractivity contribution in [3.8, 4) is 5.69 Å². The molecule has 3 heterocycles. The van der Waals surface area contributed by atoms with Gasteiger partial charge in [0.05, 0.1) is 0 Å². The molecule has 0 atom stereocenters. The summed E-state index contributed by atoms with van der Waals surface area (Å²) in [4.78, 5) is 30.6. The van der Waals surface area contributed by atoms with Gasteiger partial charge >= 0.3 is 5.69 Å². The van der Waals surface area contributed by atoms with Crippen molar-refractivity contribution < 1.29 is 0 Å². The third-order valence-electron chi connectivity index (χ3n) is 5.04. The Kier molecular flexibility index (Phi) is 4.06. The summed E-state index contributed by atoms with van der Waals surface area (Å²) in [5.74, 6) is 0.819. The lowest BCUT2D eigenvalue weighted by molar-refractivity contribution is 0.484. The summed E-state index contributed by atoms with van der Waals surface area (Å²) in [5.41, 5.74) is 4.49. The van der Waals surface area contributed by atoms with Crippen LogP contribution in [0.2, 0.25) is 0 Å². The highest BCUT2D eigenvalue weighted by molar-refractivity contribution is 5.76. The van der Waals surface area contributed by atoms with Crippen molar-refractivity contribution >= 4 is 16.9 Å². The lowest BCUT2D eigenvalue weighted by Crippen LogP contribution is -2.40. The van der Waals surface area contributed by atoms with E-state index in [9.17, 15) is 9.59 Å². The number of benzene rings is 1. The van der Waals surface area contributed by atoms with E-state index < -0.39 is 0 Å². The average Bonchev–Trinajstić information content (AvgIpc) is 3.10. The summed E-state index contributed by atoms with van der Waals surface area (Å²) in [6.45, 7) is 10.5. The fourth-order valence-electron chi connectivity index (χ4n) is 3.94. The van der Waals surface area contributed by atoms with E-state index in [-0.39, 0.29) is 17.2 Å². The van der Waals surface area contributed by atoms with Crippen molar-refractivity contribution in [2.24, 2.45) is 13.0 Å². The van der Waals surface area contributed by atoms with E-state index in [0.717, 1.165) is 22.5 Å². The van der Waals surface area contributed by atoms with Crippen LogP contribution < -0.4 is 11.2 Å². The van der Waals surface area contributed by atoms with Gasteiger partial charge in [-0.05, 0) is 49.9 Å². The van der Waals surface area contributed by atoms with Crippen LogP contribution in [0.15, 0.2) is 34.0 Å². The van der Waals surface area contributed by atoms with Crippen LogP contribution in [0.1, 0.15) is 30.7 Å². The Labute approximate surface area is 162 Å². The monoisotopic (exact) mass is 379 g/mol. The van der Waals surface area contributed by atoms with Gasteiger partial charge in [-0.1, -0.05) is 19.9 Å². The van der Waals surface area contributed by atoms with E-state index in [2.05, 4.69) is 37.0 Å². The van der Waals surface area contributed by atoms with Crippen LogP contribution in [0.25, 0.3) is 22.6 Å². The molecule has 0 aliphatic carbocycles. The van der Waals surface area contributed by atoms with E-state index in [1.54, 1.807) is 11.4 Å². The van der Waals surface area contributed by atoms with Crippen molar-refractivity contribution in [2.45, 2.75) is 41.2 Å². The van der Waals surface area contributed by atoms with Crippen LogP contribution in [-0.2, 0) is 13.6 Å². The summed E-state index contributed by atoms with van der Waals surface area (Å²) in [6, 6.07) is 6.31. The van der Waals surface area contributed by atoms with Crippen molar-refractivity contribution in [1.29, 1.82) is 0 Å². The second-order valence-electron chi connectivity index (χ2n) is 8.06. The first-order chi connectivity index (χ1) is 13.2. The molecular weight excluding hydrogens is 354 g/mol. The van der Waals surface area contributed by atoms with E-state index in [0.29, 0.717) is 23.5 Å². The molecule has 3 aromatic heterocycles. The maximum atomic E-state index is 13.2. The van der Waals surface area contributed by atoms with Gasteiger partial charge in [-0.25, -0.2) is 4.79 Å². The molecule has 0 fully saturated rings. The van der Waals surface area contributed by atoms with Crippen LogP contribution in [0, 0.1) is 26.7 Å². The SMILES string of the molecule is Cc1cc(C)cc(-n2c(C)cn3c4c(=O)n(CC(C)C)c(=O)n(C)c4nc23)c1. The van der Waals surface area contributed by atoms with Gasteiger partial charge in [0, 0.05) is 31.2 Å². The Balaban J connectivity index is 2.12. The number of fused-ring (bicyclic) bond motifs is 3. The zero-order valence-corrected chi connectivity index (χ0v) is 17.1. The minimum absolute atomic E-state index is 0.188. The standard InChI is InChI=1S/C21H25N5O2/c1-12(2)10-25-19(27)17-18(23(6)21(25)28)22-20-24(17)11-15(5)26(20)16-8-13(3)7-14(4)9-16/h7-9,11-12H,10H2,1-6H3. The number of aryl methyl sites for hydroxylation is 4. The largest absolute Gasteiger partial charge is 0.332 e. The third-order valence-corrected chi connectivity index (χ3v) is 5.04. The molecule has 146 valence electrons. The Hall–Kier alpha value is -3.09. The molecule has 0 amide bonds. The van der Waals surface area contributed by atoms with Gasteiger partial charge in [0.25, 0.3) is 5.56 Å². The topological polar surface area (TPSA) is 66.2 Å². The zero-order chi connectivity index (χ0) is 20.3. The van der Waals surface area contributed by atoms with Gasteiger partial charge < -0.3 is 0 Å². The Morgan fingerprint density at radius 1 is 1.04 bits per heavy atom. The first-order valence-electron chi connectivity index (χ1n) is 9.47. The summed E-state index contributed by atoms with van der Waals surface area (Å²) < 4.78 is 6.61. The fourth-order valence-corrected chi connectivity index (χ4v) is 3.94. The lowest BCUT2D eigenvalue weighted by atomic mass is 10.1. The fraction of sp³-hybridized carbons (Fsp3) is 0.381. The van der Waals surface area contributed by atoms with Gasteiger partial charge in [0.1, 0.15) is 0 Å². The molecule has 0 aliphatic rings. The second kappa shape index (κ2) is 6.22. The molecule has 0 saturated carbocycles. The molecule has 0 aliphatic heterocycles. The molecule has 0 spiro atoms. The predicted molar refractivity (Wildman–Crippen MR) is 111 cm³/mol. The number of imidazole rings is 2. The van der Waals surface area contributed by atoms with Crippen LogP contribution in [0.3, 0.4) is 0 Å². The molecule has 0 radical (unpaired) electrons. The summed E-state index contributed by atoms with van der Waals surface area (Å²) in [5, 5.41) is 0. The van der Waals surface area contributed by atoms with E-state index in [1.165, 1.54) is 9.13 Å². The summed E-state index contributed by atoms with van der Waals surface area (Å²) in [6.07, 6.45) is 1.91. The zero-order valence-electron chi connectivity index (χ0n) is 17.1. The van der Waals surface area contributed by atoms with E-state index in [4.69, 9.17) is 0 Å². The number of nitrogens with zero attached hydrogens (tertiary/aromatic N) is 5. The molecule has 0 N–H and O–H groups in total. The number of hydrogen-bond acceptors (Lipinski definition) is 3. The lowest BCUT2D eigenvalue weighted by Gasteiger charge is -2.10. The summed E-state index contributed by atoms with van der Waals surface area (Å²) >= 11 is 0. The molecule has 4 aromatic rings. The minimum atomic E-state index is -0.332. The molecule has 28 heavy (non-hydrogen) atoms. The molecule has 0 saturated heterocycles. The number of aromatic nitrogens is 5. The van der Waals surface area contributed by atoms with Crippen molar-refractivity contribution in [3.05, 3.63) is 62.1 Å². The van der Waals surface area contributed by atoms with Gasteiger partial charge in [-0.3, -0.25) is 22.9 Å². The predicted octanol–water partition coefficient (Wildman–Crippen LogP) is 2.72. The van der Waals surface area contributed by atoms with Crippen molar-refractivity contribution in [2.75, 3.05) is 0 Å². The van der Waals surface area contributed by atoms with Crippen LogP contribution in [0.4, 0.5) is 0 Å². The quantitative estimate of drug-likeness (QED) is 0.550. The highest BCUT2D eigenvalue weighted by Gasteiger charge is 2.21. The van der Waals surface area contributed by atoms with E-state index in [1.807, 2.05) is 31.5 Å². The van der Waals surface area contributed by atoms with Gasteiger partial charge in [-0.15, -0.1) is 0 Å². The molecule has 0 bridgehead atoms. The molecule has 1 aromatic carbocycles. The molecule has 7 nitrogen and oxygen atoms in total. The highest BCUT2D eigenvalue weighted by Crippen LogP contribution is 2.22. The maximum absolute atomic E-state index is 13.2. The van der Waals surface area contributed by atoms with Gasteiger partial charge in [-0.2, -0.15) is 4.98 Å². The van der Waals surface area contributed by atoms with Gasteiger partial charge in [0.2, 0.25) is 5.78 Å². The van der Waals surface area contributed by atoms with Crippen LogP contribution in [-0.4, -0.2) is 23.1 Å². The third kappa shape index (κ3) is 2.61. The maximum Gasteiger partial charge on any atom is 0.332 e. The Morgan fingerprint density at radius 2 is 1.68 bits per heavy atom. The van der Waals surface area contributed by atoms with Gasteiger partial charge in [0.15, 0.2) is 11.2 Å². The number of hydrogen-bond donors (Lipinski definition) is 0. The first kappa shape index (κ1) is 18.3. The Morgan fingerprint density at radius 3 is 2.29 bits per heavy atom. The first-order valence-corrected chi connectivity index (χ1v) is 9.47. The normalized spacial score (nSPS) is 12.0. The molecule has 4 rings (SSSR count). The molecule has 0 unspecified atom stereocenters. The molecular formula is C21H25N5O2. The van der Waals surface area contributed by atoms with Crippen molar-refractivity contribution in [3.63, 3.8) is 0 Å². The Bertz CT molecular complexity index is 1330. The smallest absolute Gasteiger partial charge is 0.283 e. The summed E-state index contributed by atoms with van der Waals surface area (Å²) in [7, 11) is 1.67. The van der Waals surface area contributed by atoms with Crippen LogP contribution in [0.5, 0.6) is 0 Å².